The summed E-state index contributed by atoms with van der Waals surface area (Å²) in [4.78, 5) is 32.2. The van der Waals surface area contributed by atoms with Crippen molar-refractivity contribution in [2.75, 3.05) is 25.0 Å². The number of fused-ring (bicyclic) bond motifs is 1. The first-order valence-corrected chi connectivity index (χ1v) is 12.8. The maximum absolute atomic E-state index is 13.1. The van der Waals surface area contributed by atoms with Crippen molar-refractivity contribution in [2.45, 2.75) is 50.6 Å². The van der Waals surface area contributed by atoms with Crippen LogP contribution in [0.15, 0.2) is 29.2 Å². The number of sulfonamides is 1. The zero-order valence-corrected chi connectivity index (χ0v) is 19.7. The molecule has 172 valence electrons. The highest BCUT2D eigenvalue weighted by Gasteiger charge is 2.40. The number of nitrogens with zero attached hydrogens (tertiary/aromatic N) is 3. The minimum absolute atomic E-state index is 0.187. The molecule has 9 nitrogen and oxygen atoms in total. The van der Waals surface area contributed by atoms with Crippen molar-refractivity contribution in [1.82, 2.24) is 14.2 Å². The normalized spacial score (nSPS) is 18.9. The lowest BCUT2D eigenvalue weighted by molar-refractivity contribution is -0.119. The van der Waals surface area contributed by atoms with Crippen molar-refractivity contribution >= 4 is 38.5 Å². The Labute approximate surface area is 191 Å². The molecule has 2 amide bonds. The van der Waals surface area contributed by atoms with Crippen LogP contribution in [-0.2, 0) is 32.5 Å². The predicted octanol–water partition coefficient (Wildman–Crippen LogP) is 2.76. The van der Waals surface area contributed by atoms with E-state index in [1.807, 2.05) is 6.92 Å². The van der Waals surface area contributed by atoms with Crippen LogP contribution >= 0.6 is 11.3 Å². The molecule has 1 fully saturated rings. The first kappa shape index (κ1) is 22.7. The van der Waals surface area contributed by atoms with Crippen LogP contribution in [0.25, 0.3) is 0 Å². The van der Waals surface area contributed by atoms with Gasteiger partial charge < -0.3 is 15.0 Å². The molecule has 0 radical (unpaired) electrons. The van der Waals surface area contributed by atoms with Crippen LogP contribution in [0.4, 0.5) is 9.93 Å². The molecule has 2 aliphatic rings. The molecule has 2 aromatic rings. The fraction of sp³-hybridized carbons (Fsp3) is 0.476. The van der Waals surface area contributed by atoms with Crippen molar-refractivity contribution in [3.05, 3.63) is 40.4 Å². The van der Waals surface area contributed by atoms with E-state index in [0.717, 1.165) is 16.1 Å². The number of nitrogens with one attached hydrogen (secondary N) is 1. The number of amides is 2. The average Bonchev–Trinajstić information content (AvgIpc) is 3.41. The number of rotatable bonds is 5. The zero-order valence-electron chi connectivity index (χ0n) is 18.0. The third-order valence-corrected chi connectivity index (χ3v) is 8.54. The summed E-state index contributed by atoms with van der Waals surface area (Å²) in [5.41, 5.74) is 1.82. The molecule has 4 rings (SSSR count). The summed E-state index contributed by atoms with van der Waals surface area (Å²) in [7, 11) is -3.77. The first-order chi connectivity index (χ1) is 15.3. The highest BCUT2D eigenvalue weighted by molar-refractivity contribution is 7.89. The summed E-state index contributed by atoms with van der Waals surface area (Å²) in [5.74, 6) is -0.383. The van der Waals surface area contributed by atoms with Crippen LogP contribution in [0.5, 0.6) is 0 Å². The Balaban J connectivity index is 1.46. The van der Waals surface area contributed by atoms with E-state index >= 15 is 0 Å². The van der Waals surface area contributed by atoms with E-state index in [-0.39, 0.29) is 16.9 Å². The maximum atomic E-state index is 13.1. The first-order valence-electron chi connectivity index (χ1n) is 10.6. The Morgan fingerprint density at radius 2 is 2.00 bits per heavy atom. The second-order valence-corrected chi connectivity index (χ2v) is 10.8. The van der Waals surface area contributed by atoms with Gasteiger partial charge in [-0.1, -0.05) is 29.0 Å². The molecule has 1 aromatic carbocycles. The van der Waals surface area contributed by atoms with Gasteiger partial charge in [0, 0.05) is 24.4 Å². The van der Waals surface area contributed by atoms with Crippen LogP contribution in [0, 0.1) is 6.92 Å². The largest absolute Gasteiger partial charge is 0.450 e. The molecule has 3 heterocycles. The van der Waals surface area contributed by atoms with E-state index in [1.54, 1.807) is 36.1 Å². The number of benzene rings is 1. The van der Waals surface area contributed by atoms with Crippen molar-refractivity contribution in [3.8, 4) is 0 Å². The Morgan fingerprint density at radius 3 is 2.72 bits per heavy atom. The maximum Gasteiger partial charge on any atom is 0.410 e. The van der Waals surface area contributed by atoms with Crippen molar-refractivity contribution in [2.24, 2.45) is 0 Å². The highest BCUT2D eigenvalue weighted by atomic mass is 32.2. The fourth-order valence-electron chi connectivity index (χ4n) is 3.94. The summed E-state index contributed by atoms with van der Waals surface area (Å²) in [6.07, 6.45) is 1.29. The zero-order chi connectivity index (χ0) is 22.9. The van der Waals surface area contributed by atoms with Gasteiger partial charge in [0.25, 0.3) is 0 Å². The average molecular weight is 479 g/mol. The number of aromatic nitrogens is 1. The topological polar surface area (TPSA) is 109 Å². The lowest BCUT2D eigenvalue weighted by atomic mass is 10.2. The molecule has 1 atom stereocenters. The fourth-order valence-corrected chi connectivity index (χ4v) is 6.63. The number of thiazole rings is 1. The number of hydrogen-bond donors (Lipinski definition) is 1. The Hall–Kier alpha value is -2.50. The van der Waals surface area contributed by atoms with E-state index in [4.69, 9.17) is 4.74 Å². The molecule has 0 spiro atoms. The summed E-state index contributed by atoms with van der Waals surface area (Å²) < 4.78 is 32.6. The molecule has 1 saturated heterocycles. The van der Waals surface area contributed by atoms with Gasteiger partial charge in [0.15, 0.2) is 5.13 Å². The van der Waals surface area contributed by atoms with Gasteiger partial charge in [-0.2, -0.15) is 4.31 Å². The number of hydrogen-bond acceptors (Lipinski definition) is 7. The third kappa shape index (κ3) is 4.50. The molecule has 0 bridgehead atoms. The van der Waals surface area contributed by atoms with Crippen molar-refractivity contribution < 1.29 is 22.7 Å². The SMILES string of the molecule is CCOC(=O)N1CCc2nc(NC(=O)C3CCCN3S(=O)(=O)c3ccc(C)cc3)sc2C1. The number of ether oxygens (including phenoxy) is 1. The van der Waals surface area contributed by atoms with Crippen LogP contribution in [0.3, 0.4) is 0 Å². The van der Waals surface area contributed by atoms with Gasteiger partial charge >= 0.3 is 6.09 Å². The molecular formula is C21H26N4O5S2. The van der Waals surface area contributed by atoms with Gasteiger partial charge in [0.05, 0.1) is 23.7 Å². The molecule has 0 saturated carbocycles. The second kappa shape index (κ2) is 9.16. The minimum atomic E-state index is -3.77. The Bertz CT molecular complexity index is 1110. The number of carbonyl (C=O) groups excluding carboxylic acids is 2. The van der Waals surface area contributed by atoms with E-state index < -0.39 is 16.1 Å². The van der Waals surface area contributed by atoms with Crippen LogP contribution in [0.1, 0.15) is 35.9 Å². The lowest BCUT2D eigenvalue weighted by Gasteiger charge is -2.24. The molecule has 1 unspecified atom stereocenters. The van der Waals surface area contributed by atoms with E-state index in [1.165, 1.54) is 15.6 Å². The quantitative estimate of drug-likeness (QED) is 0.708. The standard InChI is InChI=1S/C21H26N4O5S2/c1-3-30-21(27)24-12-10-16-18(13-24)31-20(22-16)23-19(26)17-5-4-11-25(17)32(28,29)15-8-6-14(2)7-9-15/h6-9,17H,3-5,10-13H2,1-2H3,(H,22,23,26). The van der Waals surface area contributed by atoms with Gasteiger partial charge in [0.2, 0.25) is 15.9 Å². The van der Waals surface area contributed by atoms with Crippen molar-refractivity contribution in [1.29, 1.82) is 0 Å². The van der Waals surface area contributed by atoms with Gasteiger partial charge in [-0.05, 0) is 38.8 Å². The monoisotopic (exact) mass is 478 g/mol. The third-order valence-electron chi connectivity index (χ3n) is 5.62. The summed E-state index contributed by atoms with van der Waals surface area (Å²) >= 11 is 1.31. The Morgan fingerprint density at radius 1 is 1.25 bits per heavy atom. The smallest absolute Gasteiger partial charge is 0.410 e. The minimum Gasteiger partial charge on any atom is -0.450 e. The molecular weight excluding hydrogens is 452 g/mol. The van der Waals surface area contributed by atoms with Crippen LogP contribution < -0.4 is 5.32 Å². The number of anilines is 1. The van der Waals surface area contributed by atoms with E-state index in [2.05, 4.69) is 10.3 Å². The summed E-state index contributed by atoms with van der Waals surface area (Å²) in [6, 6.07) is 5.86. The Kier molecular flexibility index (Phi) is 6.50. The van der Waals surface area contributed by atoms with Gasteiger partial charge in [-0.3, -0.25) is 4.79 Å². The number of aryl methyl sites for hydroxylation is 1. The molecule has 1 aromatic heterocycles. The highest BCUT2D eigenvalue weighted by Crippen LogP contribution is 2.31. The summed E-state index contributed by atoms with van der Waals surface area (Å²) in [6.45, 7) is 5.17. The molecule has 32 heavy (non-hydrogen) atoms. The van der Waals surface area contributed by atoms with Crippen LogP contribution in [-0.4, -0.2) is 60.3 Å². The predicted molar refractivity (Wildman–Crippen MR) is 120 cm³/mol. The molecule has 0 aliphatic carbocycles. The molecule has 11 heteroatoms. The second-order valence-electron chi connectivity index (χ2n) is 7.84. The van der Waals surface area contributed by atoms with Crippen LogP contribution in [0.2, 0.25) is 0 Å². The van der Waals surface area contributed by atoms with Gasteiger partial charge in [-0.15, -0.1) is 0 Å². The van der Waals surface area contributed by atoms with Crippen molar-refractivity contribution in [3.63, 3.8) is 0 Å². The van der Waals surface area contributed by atoms with Gasteiger partial charge in [0.1, 0.15) is 6.04 Å². The lowest BCUT2D eigenvalue weighted by Crippen LogP contribution is -2.43. The molecule has 2 aliphatic heterocycles. The van der Waals surface area contributed by atoms with E-state index in [0.29, 0.717) is 50.6 Å². The number of carbonyl (C=O) groups is 2. The summed E-state index contributed by atoms with van der Waals surface area (Å²) in [5, 5.41) is 3.22. The molecule has 1 N–H and O–H groups in total. The van der Waals surface area contributed by atoms with E-state index in [9.17, 15) is 18.0 Å². The van der Waals surface area contributed by atoms with Gasteiger partial charge in [-0.25, -0.2) is 18.2 Å².